The van der Waals surface area contributed by atoms with E-state index < -0.39 is 29.4 Å². The predicted octanol–water partition coefficient (Wildman–Crippen LogP) is 6.92. The molecular formula is C20H21BrClF2N3O3S. The number of amides is 1. The van der Waals surface area contributed by atoms with E-state index in [-0.39, 0.29) is 20.7 Å². The monoisotopic (exact) mass is 535 g/mol. The standard InChI is InChI=1S/C20H21BrClF2N3O3S/c1-10(26-18(28)30-19(2,3)4)20(23,24)17-14(21)15-16(29-17)12(8-13(22)27-15)25-9-11-6-5-7-31-11/h5-8,10H,9H2,1-4H3,(H,25,27)(H,26,28). The SMILES string of the molecule is CC(NC(=O)OC(C)(C)C)C(F)(F)c1oc2c(NCc3cccs3)cc(Cl)nc2c1Br. The maximum atomic E-state index is 15.2. The van der Waals surface area contributed by atoms with Crippen molar-refractivity contribution in [1.29, 1.82) is 0 Å². The lowest BCUT2D eigenvalue weighted by atomic mass is 10.1. The topological polar surface area (TPSA) is 76.4 Å². The Morgan fingerprint density at radius 2 is 2.13 bits per heavy atom. The van der Waals surface area contributed by atoms with Crippen molar-refractivity contribution in [2.75, 3.05) is 5.32 Å². The van der Waals surface area contributed by atoms with Crippen LogP contribution in [0.5, 0.6) is 0 Å². The maximum absolute atomic E-state index is 15.2. The molecule has 0 aliphatic carbocycles. The van der Waals surface area contributed by atoms with Crippen LogP contribution in [0.3, 0.4) is 0 Å². The third-order valence-electron chi connectivity index (χ3n) is 4.17. The summed E-state index contributed by atoms with van der Waals surface area (Å²) in [4.78, 5) is 17.1. The van der Waals surface area contributed by atoms with Crippen LogP contribution in [-0.2, 0) is 17.2 Å². The third-order valence-corrected chi connectivity index (χ3v) is 5.97. The Morgan fingerprint density at radius 1 is 1.42 bits per heavy atom. The highest BCUT2D eigenvalue weighted by molar-refractivity contribution is 9.10. The Labute approximate surface area is 195 Å². The largest absolute Gasteiger partial charge is 0.449 e. The zero-order chi connectivity index (χ0) is 23.0. The highest BCUT2D eigenvalue weighted by Crippen LogP contribution is 2.44. The van der Waals surface area contributed by atoms with Crippen molar-refractivity contribution in [3.8, 4) is 0 Å². The van der Waals surface area contributed by atoms with Crippen molar-refractivity contribution in [3.05, 3.63) is 43.8 Å². The number of ether oxygens (including phenoxy) is 1. The molecular weight excluding hydrogens is 516 g/mol. The molecule has 0 saturated heterocycles. The fourth-order valence-electron chi connectivity index (χ4n) is 2.72. The Morgan fingerprint density at radius 3 is 2.74 bits per heavy atom. The first kappa shape index (κ1) is 23.7. The summed E-state index contributed by atoms with van der Waals surface area (Å²) >= 11 is 10.8. The molecule has 2 N–H and O–H groups in total. The number of alkyl halides is 2. The second-order valence-corrected chi connectivity index (χ2v) is 10.1. The van der Waals surface area contributed by atoms with E-state index in [4.69, 9.17) is 20.8 Å². The van der Waals surface area contributed by atoms with Crippen LogP contribution in [-0.4, -0.2) is 22.7 Å². The van der Waals surface area contributed by atoms with Crippen molar-refractivity contribution >= 4 is 61.7 Å². The Kier molecular flexibility index (Phi) is 6.83. The zero-order valence-electron chi connectivity index (χ0n) is 17.2. The molecule has 1 atom stereocenters. The van der Waals surface area contributed by atoms with Gasteiger partial charge < -0.3 is 19.8 Å². The van der Waals surface area contributed by atoms with Gasteiger partial charge in [-0.1, -0.05) is 17.7 Å². The zero-order valence-corrected chi connectivity index (χ0v) is 20.3. The first-order chi connectivity index (χ1) is 14.4. The number of nitrogens with zero attached hydrogens (tertiary/aromatic N) is 1. The number of nitrogens with one attached hydrogen (secondary N) is 2. The maximum Gasteiger partial charge on any atom is 0.408 e. The molecule has 3 heterocycles. The number of hydrogen-bond acceptors (Lipinski definition) is 6. The number of furan rings is 1. The van der Waals surface area contributed by atoms with Crippen LogP contribution in [0, 0.1) is 0 Å². The molecule has 1 amide bonds. The number of aromatic nitrogens is 1. The lowest BCUT2D eigenvalue weighted by Crippen LogP contribution is -2.45. The molecule has 3 rings (SSSR count). The molecule has 0 aromatic carbocycles. The number of fused-ring (bicyclic) bond motifs is 1. The molecule has 3 aromatic heterocycles. The van der Waals surface area contributed by atoms with Gasteiger partial charge in [-0.05, 0) is 55.1 Å². The lowest BCUT2D eigenvalue weighted by molar-refractivity contribution is -0.0581. The van der Waals surface area contributed by atoms with Crippen molar-refractivity contribution in [2.24, 2.45) is 0 Å². The van der Waals surface area contributed by atoms with Gasteiger partial charge in [0.15, 0.2) is 11.3 Å². The van der Waals surface area contributed by atoms with E-state index in [2.05, 4.69) is 31.5 Å². The number of thiophene rings is 1. The summed E-state index contributed by atoms with van der Waals surface area (Å²) in [5, 5.41) is 7.37. The molecule has 11 heteroatoms. The van der Waals surface area contributed by atoms with Crippen LogP contribution in [0.15, 0.2) is 32.5 Å². The van der Waals surface area contributed by atoms with Crippen molar-refractivity contribution in [1.82, 2.24) is 10.3 Å². The van der Waals surface area contributed by atoms with E-state index in [0.717, 1.165) is 4.88 Å². The fraction of sp³-hybridized carbons (Fsp3) is 0.400. The normalized spacial score (nSPS) is 13.3. The van der Waals surface area contributed by atoms with Gasteiger partial charge in [0.25, 0.3) is 0 Å². The molecule has 0 aliphatic rings. The van der Waals surface area contributed by atoms with Gasteiger partial charge in [-0.2, -0.15) is 8.78 Å². The summed E-state index contributed by atoms with van der Waals surface area (Å²) in [5.41, 5.74) is -0.103. The molecule has 0 radical (unpaired) electrons. The summed E-state index contributed by atoms with van der Waals surface area (Å²) in [5.74, 6) is -4.23. The highest BCUT2D eigenvalue weighted by atomic mass is 79.9. The van der Waals surface area contributed by atoms with Gasteiger partial charge >= 0.3 is 12.0 Å². The van der Waals surface area contributed by atoms with E-state index >= 15 is 8.78 Å². The first-order valence-electron chi connectivity index (χ1n) is 9.31. The number of carbonyl (C=O) groups excluding carboxylic acids is 1. The number of pyridine rings is 1. The van der Waals surface area contributed by atoms with Gasteiger partial charge in [0.1, 0.15) is 22.3 Å². The highest BCUT2D eigenvalue weighted by Gasteiger charge is 2.46. The smallest absolute Gasteiger partial charge is 0.408 e. The molecule has 0 spiro atoms. The number of carbonyl (C=O) groups is 1. The van der Waals surface area contributed by atoms with Crippen molar-refractivity contribution in [3.63, 3.8) is 0 Å². The predicted molar refractivity (Wildman–Crippen MR) is 121 cm³/mol. The quantitative estimate of drug-likeness (QED) is 0.334. The summed E-state index contributed by atoms with van der Waals surface area (Å²) in [6.07, 6.45) is -0.952. The van der Waals surface area contributed by atoms with E-state index in [1.54, 1.807) is 32.1 Å². The van der Waals surface area contributed by atoms with Crippen LogP contribution in [0.4, 0.5) is 19.3 Å². The summed E-state index contributed by atoms with van der Waals surface area (Å²) < 4.78 is 41.0. The van der Waals surface area contributed by atoms with Crippen LogP contribution in [0.1, 0.15) is 38.3 Å². The minimum Gasteiger partial charge on any atom is -0.449 e. The minimum atomic E-state index is -3.56. The number of alkyl carbamates (subject to hydrolysis) is 1. The van der Waals surface area contributed by atoms with Crippen LogP contribution in [0.25, 0.3) is 11.1 Å². The summed E-state index contributed by atoms with van der Waals surface area (Å²) in [6, 6.07) is 3.76. The second-order valence-electron chi connectivity index (χ2n) is 7.84. The molecule has 168 valence electrons. The number of rotatable bonds is 6. The van der Waals surface area contributed by atoms with Gasteiger partial charge in [0, 0.05) is 17.5 Å². The fourth-order valence-corrected chi connectivity index (χ4v) is 4.17. The van der Waals surface area contributed by atoms with Crippen LogP contribution >= 0.6 is 38.9 Å². The van der Waals surface area contributed by atoms with Gasteiger partial charge in [-0.15, -0.1) is 11.3 Å². The second kappa shape index (κ2) is 8.91. The molecule has 6 nitrogen and oxygen atoms in total. The number of hydrogen-bond donors (Lipinski definition) is 2. The Balaban J connectivity index is 1.91. The van der Waals surface area contributed by atoms with E-state index in [1.165, 1.54) is 13.0 Å². The van der Waals surface area contributed by atoms with Crippen molar-refractivity contribution < 1.29 is 22.7 Å². The van der Waals surface area contributed by atoms with Gasteiger partial charge in [0.2, 0.25) is 0 Å². The minimum absolute atomic E-state index is 0.0352. The van der Waals surface area contributed by atoms with E-state index in [1.807, 2.05) is 17.5 Å². The summed E-state index contributed by atoms with van der Waals surface area (Å²) in [7, 11) is 0. The molecule has 0 saturated carbocycles. The van der Waals surface area contributed by atoms with Gasteiger partial charge in [0.05, 0.1) is 10.2 Å². The Bertz CT molecular complexity index is 1080. The molecule has 1 unspecified atom stereocenters. The molecule has 0 aliphatic heterocycles. The molecule has 0 fully saturated rings. The molecule has 0 bridgehead atoms. The van der Waals surface area contributed by atoms with Crippen LogP contribution < -0.4 is 10.6 Å². The van der Waals surface area contributed by atoms with Gasteiger partial charge in [-0.3, -0.25) is 0 Å². The van der Waals surface area contributed by atoms with Crippen LogP contribution in [0.2, 0.25) is 5.15 Å². The molecule has 3 aromatic rings. The number of anilines is 1. The lowest BCUT2D eigenvalue weighted by Gasteiger charge is -2.25. The average molecular weight is 537 g/mol. The van der Waals surface area contributed by atoms with Gasteiger partial charge in [-0.25, -0.2) is 9.78 Å². The Hall–Kier alpha value is -1.91. The number of halogens is 4. The van der Waals surface area contributed by atoms with E-state index in [0.29, 0.717) is 12.2 Å². The summed E-state index contributed by atoms with van der Waals surface area (Å²) in [6.45, 7) is 6.57. The average Bonchev–Trinajstić information content (AvgIpc) is 3.26. The third kappa shape index (κ3) is 5.48. The molecule has 31 heavy (non-hydrogen) atoms. The van der Waals surface area contributed by atoms with E-state index in [9.17, 15) is 4.79 Å². The van der Waals surface area contributed by atoms with Crippen molar-refractivity contribution in [2.45, 2.75) is 51.8 Å². The first-order valence-corrected chi connectivity index (χ1v) is 11.4.